The SMILES string of the molecule is CCC(C)N(C)c1ccc(CNC(C)(C)C)cc1C#N. The molecule has 110 valence electrons. The molecule has 1 aromatic carbocycles. The average Bonchev–Trinajstić information content (AvgIpc) is 2.42. The molecule has 0 saturated carbocycles. The molecular formula is C17H27N3. The molecule has 3 heteroatoms. The summed E-state index contributed by atoms with van der Waals surface area (Å²) >= 11 is 0. The predicted octanol–water partition coefficient (Wildman–Crippen LogP) is 3.68. The molecule has 0 radical (unpaired) electrons. The van der Waals surface area contributed by atoms with E-state index in [-0.39, 0.29) is 5.54 Å². The summed E-state index contributed by atoms with van der Waals surface area (Å²) in [4.78, 5) is 2.18. The van der Waals surface area contributed by atoms with Crippen molar-refractivity contribution in [3.05, 3.63) is 29.3 Å². The van der Waals surface area contributed by atoms with Gasteiger partial charge < -0.3 is 10.2 Å². The lowest BCUT2D eigenvalue weighted by atomic mass is 10.0. The highest BCUT2D eigenvalue weighted by Gasteiger charge is 2.14. The Morgan fingerprint density at radius 2 is 2.00 bits per heavy atom. The fourth-order valence-corrected chi connectivity index (χ4v) is 1.97. The monoisotopic (exact) mass is 273 g/mol. The molecule has 0 aliphatic heterocycles. The van der Waals surface area contributed by atoms with Crippen molar-refractivity contribution in [3.8, 4) is 6.07 Å². The first kappa shape index (κ1) is 16.5. The molecule has 0 amide bonds. The van der Waals surface area contributed by atoms with Crippen LogP contribution >= 0.6 is 0 Å². The zero-order chi connectivity index (χ0) is 15.3. The van der Waals surface area contributed by atoms with Gasteiger partial charge in [-0.3, -0.25) is 0 Å². The smallest absolute Gasteiger partial charge is 0.101 e. The molecule has 1 N–H and O–H groups in total. The van der Waals surface area contributed by atoms with Gasteiger partial charge in [-0.05, 0) is 51.8 Å². The van der Waals surface area contributed by atoms with Gasteiger partial charge in [0.05, 0.1) is 11.3 Å². The van der Waals surface area contributed by atoms with E-state index < -0.39 is 0 Å². The van der Waals surface area contributed by atoms with Crippen LogP contribution in [0.4, 0.5) is 5.69 Å². The van der Waals surface area contributed by atoms with Gasteiger partial charge in [-0.25, -0.2) is 0 Å². The first-order valence-electron chi connectivity index (χ1n) is 7.29. The molecule has 0 saturated heterocycles. The summed E-state index contributed by atoms with van der Waals surface area (Å²) < 4.78 is 0. The molecule has 20 heavy (non-hydrogen) atoms. The van der Waals surface area contributed by atoms with E-state index >= 15 is 0 Å². The molecule has 3 nitrogen and oxygen atoms in total. The molecule has 0 bridgehead atoms. The Bertz CT molecular complexity index is 480. The van der Waals surface area contributed by atoms with E-state index in [0.717, 1.165) is 29.8 Å². The lowest BCUT2D eigenvalue weighted by Gasteiger charge is -2.27. The van der Waals surface area contributed by atoms with Crippen molar-refractivity contribution in [1.82, 2.24) is 5.32 Å². The predicted molar refractivity (Wildman–Crippen MR) is 85.9 cm³/mol. The van der Waals surface area contributed by atoms with Crippen LogP contribution < -0.4 is 10.2 Å². The van der Waals surface area contributed by atoms with Gasteiger partial charge >= 0.3 is 0 Å². The molecule has 1 rings (SSSR count). The molecule has 1 unspecified atom stereocenters. The molecule has 0 spiro atoms. The fourth-order valence-electron chi connectivity index (χ4n) is 1.97. The summed E-state index contributed by atoms with van der Waals surface area (Å²) in [5, 5.41) is 12.8. The van der Waals surface area contributed by atoms with Crippen molar-refractivity contribution < 1.29 is 0 Å². The van der Waals surface area contributed by atoms with Gasteiger partial charge in [0, 0.05) is 25.2 Å². The van der Waals surface area contributed by atoms with Gasteiger partial charge in [-0.15, -0.1) is 0 Å². The maximum Gasteiger partial charge on any atom is 0.101 e. The molecule has 1 atom stereocenters. The second-order valence-corrected chi connectivity index (χ2v) is 6.44. The molecule has 0 aliphatic rings. The van der Waals surface area contributed by atoms with Gasteiger partial charge in [-0.2, -0.15) is 5.26 Å². The Hall–Kier alpha value is -1.53. The molecule has 1 aromatic rings. The van der Waals surface area contributed by atoms with Crippen LogP contribution in [0.25, 0.3) is 0 Å². The van der Waals surface area contributed by atoms with Crippen LogP contribution in [-0.2, 0) is 6.54 Å². The summed E-state index contributed by atoms with van der Waals surface area (Å²) in [5.74, 6) is 0. The Morgan fingerprint density at radius 3 is 2.50 bits per heavy atom. The largest absolute Gasteiger partial charge is 0.371 e. The minimum absolute atomic E-state index is 0.0823. The Balaban J connectivity index is 2.94. The third-order valence-corrected chi connectivity index (χ3v) is 3.64. The highest BCUT2D eigenvalue weighted by molar-refractivity contribution is 5.60. The first-order valence-corrected chi connectivity index (χ1v) is 7.29. The molecule has 0 heterocycles. The van der Waals surface area contributed by atoms with Gasteiger partial charge in [0.25, 0.3) is 0 Å². The molecule has 0 fully saturated rings. The number of nitrogens with one attached hydrogen (secondary N) is 1. The van der Waals surface area contributed by atoms with Crippen molar-refractivity contribution in [2.45, 2.75) is 59.2 Å². The number of rotatable bonds is 5. The second-order valence-electron chi connectivity index (χ2n) is 6.44. The Kier molecular flexibility index (Phi) is 5.59. The number of benzene rings is 1. The highest BCUT2D eigenvalue weighted by Crippen LogP contribution is 2.23. The van der Waals surface area contributed by atoms with Crippen molar-refractivity contribution in [1.29, 1.82) is 5.26 Å². The third-order valence-electron chi connectivity index (χ3n) is 3.64. The van der Waals surface area contributed by atoms with Crippen molar-refractivity contribution in [3.63, 3.8) is 0 Å². The molecule has 0 aromatic heterocycles. The minimum atomic E-state index is 0.0823. The maximum atomic E-state index is 9.38. The highest BCUT2D eigenvalue weighted by atomic mass is 15.1. The quantitative estimate of drug-likeness (QED) is 0.889. The van der Waals surface area contributed by atoms with E-state index in [9.17, 15) is 5.26 Å². The Morgan fingerprint density at radius 1 is 1.35 bits per heavy atom. The lowest BCUT2D eigenvalue weighted by Crippen LogP contribution is -2.35. The minimum Gasteiger partial charge on any atom is -0.371 e. The van der Waals surface area contributed by atoms with Gasteiger partial charge in [0.1, 0.15) is 6.07 Å². The zero-order valence-corrected chi connectivity index (χ0v) is 13.6. The summed E-state index contributed by atoms with van der Waals surface area (Å²) in [6.07, 6.45) is 1.06. The van der Waals surface area contributed by atoms with E-state index in [1.807, 2.05) is 6.07 Å². The fraction of sp³-hybridized carbons (Fsp3) is 0.588. The van der Waals surface area contributed by atoms with E-state index in [4.69, 9.17) is 0 Å². The van der Waals surface area contributed by atoms with Crippen LogP contribution in [0.15, 0.2) is 18.2 Å². The lowest BCUT2D eigenvalue weighted by molar-refractivity contribution is 0.424. The van der Waals surface area contributed by atoms with Crippen LogP contribution in [-0.4, -0.2) is 18.6 Å². The molecular weight excluding hydrogens is 246 g/mol. The van der Waals surface area contributed by atoms with Crippen LogP contribution in [0, 0.1) is 11.3 Å². The average molecular weight is 273 g/mol. The third kappa shape index (κ3) is 4.54. The number of hydrogen-bond donors (Lipinski definition) is 1. The van der Waals surface area contributed by atoms with E-state index in [0.29, 0.717) is 6.04 Å². The van der Waals surface area contributed by atoms with Crippen molar-refractivity contribution in [2.75, 3.05) is 11.9 Å². The van der Waals surface area contributed by atoms with E-state index in [1.165, 1.54) is 0 Å². The molecule has 0 aliphatic carbocycles. The summed E-state index contributed by atoms with van der Waals surface area (Å²) in [5.41, 5.74) is 3.00. The summed E-state index contributed by atoms with van der Waals surface area (Å²) in [6, 6.07) is 8.91. The standard InChI is InChI=1S/C17H27N3/c1-7-13(2)20(6)16-9-8-14(10-15(16)11-18)12-19-17(3,4)5/h8-10,13,19H,7,12H2,1-6H3. The van der Waals surface area contributed by atoms with E-state index in [2.05, 4.69) is 70.1 Å². The van der Waals surface area contributed by atoms with Crippen LogP contribution in [0.5, 0.6) is 0 Å². The topological polar surface area (TPSA) is 39.1 Å². The normalized spacial score (nSPS) is 12.8. The number of nitrogens with zero attached hydrogens (tertiary/aromatic N) is 2. The van der Waals surface area contributed by atoms with Crippen molar-refractivity contribution >= 4 is 5.69 Å². The first-order chi connectivity index (χ1) is 9.28. The number of hydrogen-bond acceptors (Lipinski definition) is 3. The van der Waals surface area contributed by atoms with Crippen LogP contribution in [0.1, 0.15) is 52.2 Å². The zero-order valence-electron chi connectivity index (χ0n) is 13.6. The van der Waals surface area contributed by atoms with Gasteiger partial charge in [0.2, 0.25) is 0 Å². The summed E-state index contributed by atoms with van der Waals surface area (Å²) in [7, 11) is 2.05. The Labute approximate surface area is 123 Å². The summed E-state index contributed by atoms with van der Waals surface area (Å²) in [6.45, 7) is 11.5. The van der Waals surface area contributed by atoms with Gasteiger partial charge in [0.15, 0.2) is 0 Å². The van der Waals surface area contributed by atoms with Gasteiger partial charge in [-0.1, -0.05) is 13.0 Å². The van der Waals surface area contributed by atoms with Crippen LogP contribution in [0.3, 0.4) is 0 Å². The van der Waals surface area contributed by atoms with E-state index in [1.54, 1.807) is 0 Å². The second kappa shape index (κ2) is 6.76. The number of nitriles is 1. The van der Waals surface area contributed by atoms with Crippen LogP contribution in [0.2, 0.25) is 0 Å². The maximum absolute atomic E-state index is 9.38. The van der Waals surface area contributed by atoms with Crippen molar-refractivity contribution in [2.24, 2.45) is 0 Å². The number of anilines is 1.